The van der Waals surface area contributed by atoms with Crippen LogP contribution in [0, 0.1) is 10.1 Å². The zero-order valence-corrected chi connectivity index (χ0v) is 20.6. The van der Waals surface area contributed by atoms with Crippen molar-refractivity contribution >= 4 is 34.0 Å². The van der Waals surface area contributed by atoms with Crippen molar-refractivity contribution in [1.82, 2.24) is 39.7 Å². The molecule has 4 heterocycles. The molecule has 1 aromatic carbocycles. The van der Waals surface area contributed by atoms with E-state index in [1.165, 1.54) is 27.4 Å². The molecule has 0 aliphatic carbocycles. The van der Waals surface area contributed by atoms with E-state index >= 15 is 0 Å². The van der Waals surface area contributed by atoms with E-state index in [-0.39, 0.29) is 40.0 Å². The lowest BCUT2D eigenvalue weighted by Gasteiger charge is -2.33. The zero-order valence-electron chi connectivity index (χ0n) is 20.6. The number of aromatic nitrogens is 6. The van der Waals surface area contributed by atoms with E-state index in [0.717, 1.165) is 32.7 Å². The van der Waals surface area contributed by atoms with Crippen molar-refractivity contribution in [3.63, 3.8) is 0 Å². The fourth-order valence-electron chi connectivity index (χ4n) is 4.35. The van der Waals surface area contributed by atoms with Crippen LogP contribution in [0.1, 0.15) is 23.1 Å². The summed E-state index contributed by atoms with van der Waals surface area (Å²) in [7, 11) is 1.56. The first kappa shape index (κ1) is 24.9. The Morgan fingerprint density at radius 1 is 1.24 bits per heavy atom. The lowest BCUT2D eigenvalue weighted by molar-refractivity contribution is -0.384. The average Bonchev–Trinajstić information content (AvgIpc) is 3.59. The van der Waals surface area contributed by atoms with Crippen molar-refractivity contribution in [2.75, 3.05) is 38.5 Å². The normalized spacial score (nSPS) is 15.1. The van der Waals surface area contributed by atoms with Crippen LogP contribution in [0.3, 0.4) is 0 Å². The number of nitrogen functional groups attached to an aromatic ring is 1. The standard InChI is InChI=1S/C21H24N12O5/c1-3-30-6-8-31(9-7-30)11-15-17(24-28-32(15)19-18(22)26-38-27-19)20(34)25-23-16-13-10-12(33(36)37)4-5-14(13)29(2)21(16)35/h4-5,10,35H,3,6-9,11H2,1-2H3,(H2,22,26). The molecule has 3 aromatic heterocycles. The third-order valence-electron chi connectivity index (χ3n) is 6.53. The maximum atomic E-state index is 13.2. The first-order chi connectivity index (χ1) is 18.3. The number of nitrogens with zero attached hydrogens (tertiary/aromatic N) is 11. The molecule has 0 atom stereocenters. The second-order valence-electron chi connectivity index (χ2n) is 8.67. The molecule has 1 aliphatic rings. The highest BCUT2D eigenvalue weighted by Gasteiger charge is 2.27. The lowest BCUT2D eigenvalue weighted by Crippen LogP contribution is -2.46. The van der Waals surface area contributed by atoms with Crippen LogP contribution in [0.25, 0.3) is 16.7 Å². The van der Waals surface area contributed by atoms with Gasteiger partial charge in [-0.15, -0.1) is 15.3 Å². The van der Waals surface area contributed by atoms with E-state index in [1.54, 1.807) is 7.05 Å². The van der Waals surface area contributed by atoms with Gasteiger partial charge >= 0.3 is 5.91 Å². The Morgan fingerprint density at radius 2 is 1.97 bits per heavy atom. The molecule has 1 aliphatic heterocycles. The molecule has 1 fully saturated rings. The van der Waals surface area contributed by atoms with E-state index in [0.29, 0.717) is 17.8 Å². The van der Waals surface area contributed by atoms with Crippen LogP contribution in [0.4, 0.5) is 17.2 Å². The summed E-state index contributed by atoms with van der Waals surface area (Å²) in [5.74, 6) is -1.10. The number of nitrogens with two attached hydrogens (primary N) is 1. The molecule has 5 rings (SSSR count). The first-order valence-corrected chi connectivity index (χ1v) is 11.7. The number of carbonyl (C=O) groups is 1. The first-order valence-electron chi connectivity index (χ1n) is 11.7. The molecule has 17 nitrogen and oxygen atoms in total. The van der Waals surface area contributed by atoms with Crippen LogP contribution < -0.4 is 5.73 Å². The summed E-state index contributed by atoms with van der Waals surface area (Å²) in [6.07, 6.45) is 0. The molecule has 17 heteroatoms. The summed E-state index contributed by atoms with van der Waals surface area (Å²) in [5, 5.41) is 45.1. The molecule has 0 radical (unpaired) electrons. The fraction of sp³-hybridized carbons (Fsp3) is 0.381. The molecule has 4 aromatic rings. The molecular formula is C21H24N12O5. The van der Waals surface area contributed by atoms with Gasteiger partial charge in [-0.25, -0.2) is 4.63 Å². The Kier molecular flexibility index (Phi) is 6.52. The van der Waals surface area contributed by atoms with Gasteiger partial charge in [-0.3, -0.25) is 19.8 Å². The van der Waals surface area contributed by atoms with E-state index in [4.69, 9.17) is 10.4 Å². The predicted molar refractivity (Wildman–Crippen MR) is 131 cm³/mol. The average molecular weight is 525 g/mol. The van der Waals surface area contributed by atoms with Crippen molar-refractivity contribution in [2.45, 2.75) is 13.5 Å². The Balaban J connectivity index is 1.49. The van der Waals surface area contributed by atoms with Crippen molar-refractivity contribution in [2.24, 2.45) is 17.3 Å². The molecule has 3 N–H and O–H groups in total. The Hall–Kier alpha value is -4.77. The number of non-ortho nitro benzene ring substituents is 1. The number of likely N-dealkylation sites (N-methyl/N-ethyl adjacent to an activating group) is 1. The van der Waals surface area contributed by atoms with Crippen molar-refractivity contribution in [3.8, 4) is 11.7 Å². The molecule has 198 valence electrons. The van der Waals surface area contributed by atoms with Gasteiger partial charge in [-0.2, -0.15) is 4.68 Å². The van der Waals surface area contributed by atoms with E-state index in [9.17, 15) is 20.0 Å². The topological polar surface area (TPSA) is 212 Å². The van der Waals surface area contributed by atoms with Gasteiger partial charge in [0.05, 0.1) is 16.1 Å². The van der Waals surface area contributed by atoms with Gasteiger partial charge in [0, 0.05) is 57.3 Å². The Morgan fingerprint density at radius 3 is 2.63 bits per heavy atom. The number of aromatic hydroxyl groups is 1. The van der Waals surface area contributed by atoms with Crippen molar-refractivity contribution in [1.29, 1.82) is 0 Å². The minimum absolute atomic E-state index is 0.0325. The van der Waals surface area contributed by atoms with Gasteiger partial charge in [-0.05, 0) is 22.9 Å². The summed E-state index contributed by atoms with van der Waals surface area (Å²) in [4.78, 5) is 28.3. The van der Waals surface area contributed by atoms with Gasteiger partial charge in [0.1, 0.15) is 0 Å². The number of hydrogen-bond donors (Lipinski definition) is 2. The molecule has 1 amide bonds. The number of anilines is 1. The van der Waals surface area contributed by atoms with Crippen LogP contribution >= 0.6 is 0 Å². The van der Waals surface area contributed by atoms with Crippen LogP contribution in [0.15, 0.2) is 33.1 Å². The summed E-state index contributed by atoms with van der Waals surface area (Å²) in [5.41, 5.74) is 6.31. The molecule has 38 heavy (non-hydrogen) atoms. The number of fused-ring (bicyclic) bond motifs is 1. The summed E-state index contributed by atoms with van der Waals surface area (Å²) < 4.78 is 7.35. The van der Waals surface area contributed by atoms with Gasteiger partial charge in [0.2, 0.25) is 17.5 Å². The third-order valence-corrected chi connectivity index (χ3v) is 6.53. The maximum Gasteiger partial charge on any atom is 0.317 e. The highest BCUT2D eigenvalue weighted by atomic mass is 16.6. The number of amides is 1. The summed E-state index contributed by atoms with van der Waals surface area (Å²) >= 11 is 0. The smallest absolute Gasteiger partial charge is 0.317 e. The van der Waals surface area contributed by atoms with E-state index < -0.39 is 10.8 Å². The zero-order chi connectivity index (χ0) is 27.0. The summed E-state index contributed by atoms with van der Waals surface area (Å²) in [6.45, 7) is 6.57. The Labute approximate surface area is 214 Å². The summed E-state index contributed by atoms with van der Waals surface area (Å²) in [6, 6.07) is 4.04. The van der Waals surface area contributed by atoms with Crippen molar-refractivity contribution < 1.29 is 19.5 Å². The van der Waals surface area contributed by atoms with E-state index in [2.05, 4.69) is 47.6 Å². The number of aryl methyl sites for hydroxylation is 1. The molecule has 1 saturated heterocycles. The van der Waals surface area contributed by atoms with Crippen LogP contribution in [0.2, 0.25) is 0 Å². The Bertz CT molecular complexity index is 1550. The number of benzene rings is 1. The maximum absolute atomic E-state index is 13.2. The molecule has 0 unspecified atom stereocenters. The van der Waals surface area contributed by atoms with E-state index in [1.807, 2.05) is 0 Å². The SMILES string of the molecule is CCN1CCN(Cc2c(C(=O)N=Nc3c(O)n(C)c4ccc([N+](=O)[O-])cc34)nnn2-c2nonc2N)CC1. The highest BCUT2D eigenvalue weighted by Crippen LogP contribution is 2.39. The molecule has 0 bridgehead atoms. The second-order valence-corrected chi connectivity index (χ2v) is 8.67. The number of nitro benzene ring substituents is 1. The second kappa shape index (κ2) is 9.94. The van der Waals surface area contributed by atoms with Crippen LogP contribution in [0.5, 0.6) is 5.88 Å². The quantitative estimate of drug-likeness (QED) is 0.199. The number of nitro groups is 1. The lowest BCUT2D eigenvalue weighted by atomic mass is 10.2. The monoisotopic (exact) mass is 524 g/mol. The van der Waals surface area contributed by atoms with Gasteiger partial charge < -0.3 is 20.3 Å². The van der Waals surface area contributed by atoms with Gasteiger partial charge in [-0.1, -0.05) is 12.1 Å². The number of rotatable bonds is 7. The number of azo groups is 1. The number of hydrogen-bond acceptors (Lipinski definition) is 13. The van der Waals surface area contributed by atoms with Crippen LogP contribution in [-0.4, -0.2) is 88.3 Å². The number of piperazine rings is 1. The molecule has 0 spiro atoms. The largest absolute Gasteiger partial charge is 0.493 e. The molecular weight excluding hydrogens is 500 g/mol. The van der Waals surface area contributed by atoms with Crippen molar-refractivity contribution in [3.05, 3.63) is 39.7 Å². The third kappa shape index (κ3) is 4.43. The number of carbonyl (C=O) groups excluding carboxylic acids is 1. The highest BCUT2D eigenvalue weighted by molar-refractivity contribution is 5.98. The van der Waals surface area contributed by atoms with Gasteiger partial charge in [0.15, 0.2) is 11.4 Å². The van der Waals surface area contributed by atoms with Gasteiger partial charge in [0.25, 0.3) is 5.69 Å². The minimum atomic E-state index is -0.838. The minimum Gasteiger partial charge on any atom is -0.493 e. The fourth-order valence-corrected chi connectivity index (χ4v) is 4.35. The predicted octanol–water partition coefficient (Wildman–Crippen LogP) is 1.40. The molecule has 0 saturated carbocycles. The van der Waals surface area contributed by atoms with Crippen LogP contribution in [-0.2, 0) is 13.6 Å².